The van der Waals surface area contributed by atoms with Gasteiger partial charge in [0.25, 0.3) is 0 Å². The van der Waals surface area contributed by atoms with Gasteiger partial charge in [-0.3, -0.25) is 0 Å². The lowest BCUT2D eigenvalue weighted by atomic mass is 10.2. The summed E-state index contributed by atoms with van der Waals surface area (Å²) in [6, 6.07) is 7.66. The molecule has 1 aromatic heterocycles. The second-order valence-electron chi connectivity index (χ2n) is 4.01. The number of aryl methyl sites for hydroxylation is 1. The van der Waals surface area contributed by atoms with Crippen LogP contribution in [0.2, 0.25) is 5.15 Å². The number of pyridine rings is 1. The van der Waals surface area contributed by atoms with Gasteiger partial charge in [0.2, 0.25) is 0 Å². The SMILES string of the molecule is COc1cc(C)ccc1OS(=O)(=O)c1ccc(Cl)nc1. The Hall–Kier alpha value is -1.79. The van der Waals surface area contributed by atoms with Crippen LogP contribution >= 0.6 is 11.6 Å². The Morgan fingerprint density at radius 1 is 1.15 bits per heavy atom. The molecule has 7 heteroatoms. The van der Waals surface area contributed by atoms with Crippen LogP contribution in [0.1, 0.15) is 5.56 Å². The number of nitrogens with zero attached hydrogens (tertiary/aromatic N) is 1. The zero-order chi connectivity index (χ0) is 14.8. The maximum Gasteiger partial charge on any atom is 0.340 e. The number of hydrogen-bond acceptors (Lipinski definition) is 5. The third kappa shape index (κ3) is 3.20. The van der Waals surface area contributed by atoms with E-state index in [2.05, 4.69) is 4.98 Å². The second kappa shape index (κ2) is 5.68. The number of hydrogen-bond donors (Lipinski definition) is 0. The van der Waals surface area contributed by atoms with E-state index >= 15 is 0 Å². The summed E-state index contributed by atoms with van der Waals surface area (Å²) < 4.78 is 34.4. The van der Waals surface area contributed by atoms with Gasteiger partial charge >= 0.3 is 10.1 Å². The minimum Gasteiger partial charge on any atom is -0.493 e. The summed E-state index contributed by atoms with van der Waals surface area (Å²) in [6.07, 6.45) is 1.14. The molecule has 1 heterocycles. The zero-order valence-corrected chi connectivity index (χ0v) is 12.4. The van der Waals surface area contributed by atoms with E-state index < -0.39 is 10.1 Å². The lowest BCUT2D eigenvalue weighted by Crippen LogP contribution is -2.10. The Balaban J connectivity index is 2.35. The van der Waals surface area contributed by atoms with Crippen LogP contribution in [0.25, 0.3) is 0 Å². The average molecular weight is 314 g/mol. The maximum atomic E-state index is 12.1. The molecule has 1 aromatic carbocycles. The van der Waals surface area contributed by atoms with E-state index in [1.807, 2.05) is 6.92 Å². The number of methoxy groups -OCH3 is 1. The van der Waals surface area contributed by atoms with E-state index in [9.17, 15) is 8.42 Å². The maximum absolute atomic E-state index is 12.1. The Morgan fingerprint density at radius 3 is 2.50 bits per heavy atom. The first-order valence-corrected chi connectivity index (χ1v) is 7.42. The molecule has 0 amide bonds. The first-order chi connectivity index (χ1) is 9.42. The van der Waals surface area contributed by atoms with Crippen LogP contribution in [0.5, 0.6) is 11.5 Å². The van der Waals surface area contributed by atoms with E-state index in [0.717, 1.165) is 11.8 Å². The highest BCUT2D eigenvalue weighted by Gasteiger charge is 2.19. The van der Waals surface area contributed by atoms with Crippen molar-refractivity contribution in [1.82, 2.24) is 4.98 Å². The Labute approximate surface area is 122 Å². The molecule has 20 heavy (non-hydrogen) atoms. The highest BCUT2D eigenvalue weighted by molar-refractivity contribution is 7.87. The molecule has 2 aromatic rings. The van der Waals surface area contributed by atoms with E-state index in [1.165, 1.54) is 25.3 Å². The zero-order valence-electron chi connectivity index (χ0n) is 10.8. The quantitative estimate of drug-likeness (QED) is 0.641. The van der Waals surface area contributed by atoms with Crippen molar-refractivity contribution in [2.75, 3.05) is 7.11 Å². The predicted molar refractivity (Wildman–Crippen MR) is 74.8 cm³/mol. The van der Waals surface area contributed by atoms with E-state index in [4.69, 9.17) is 20.5 Å². The molecular formula is C13H12ClNO4S. The minimum absolute atomic E-state index is 0.0791. The lowest BCUT2D eigenvalue weighted by Gasteiger charge is -2.11. The van der Waals surface area contributed by atoms with Crippen LogP contribution in [0, 0.1) is 6.92 Å². The van der Waals surface area contributed by atoms with Crippen molar-refractivity contribution in [3.8, 4) is 11.5 Å². The van der Waals surface area contributed by atoms with Gasteiger partial charge in [-0.15, -0.1) is 0 Å². The highest BCUT2D eigenvalue weighted by atomic mass is 35.5. The molecule has 0 unspecified atom stereocenters. The van der Waals surface area contributed by atoms with E-state index in [-0.39, 0.29) is 15.8 Å². The lowest BCUT2D eigenvalue weighted by molar-refractivity contribution is 0.390. The van der Waals surface area contributed by atoms with Crippen LogP contribution in [-0.2, 0) is 10.1 Å². The molecule has 0 fully saturated rings. The highest BCUT2D eigenvalue weighted by Crippen LogP contribution is 2.30. The molecule has 2 rings (SSSR count). The molecule has 0 radical (unpaired) electrons. The number of benzene rings is 1. The van der Waals surface area contributed by atoms with Gasteiger partial charge in [0.15, 0.2) is 11.5 Å². The van der Waals surface area contributed by atoms with Crippen molar-refractivity contribution in [1.29, 1.82) is 0 Å². The first-order valence-electron chi connectivity index (χ1n) is 5.63. The summed E-state index contributed by atoms with van der Waals surface area (Å²) in [6.45, 7) is 1.86. The van der Waals surface area contributed by atoms with Crippen molar-refractivity contribution < 1.29 is 17.3 Å². The molecule has 0 N–H and O–H groups in total. The summed E-state index contributed by atoms with van der Waals surface area (Å²) in [4.78, 5) is 3.64. The number of rotatable bonds is 4. The smallest absolute Gasteiger partial charge is 0.340 e. The second-order valence-corrected chi connectivity index (χ2v) is 5.94. The summed E-state index contributed by atoms with van der Waals surface area (Å²) in [5.74, 6) is 0.462. The molecule has 0 atom stereocenters. The Bertz CT molecular complexity index is 714. The number of ether oxygens (including phenoxy) is 1. The van der Waals surface area contributed by atoms with Crippen LogP contribution in [-0.4, -0.2) is 20.5 Å². The minimum atomic E-state index is -3.98. The Morgan fingerprint density at radius 2 is 1.90 bits per heavy atom. The van der Waals surface area contributed by atoms with Crippen molar-refractivity contribution in [2.24, 2.45) is 0 Å². The van der Waals surface area contributed by atoms with Crippen LogP contribution in [0.3, 0.4) is 0 Å². The number of aromatic nitrogens is 1. The summed E-state index contributed by atoms with van der Waals surface area (Å²) in [5, 5.41) is 0.205. The third-order valence-corrected chi connectivity index (χ3v) is 3.95. The molecule has 0 aliphatic carbocycles. The summed E-state index contributed by atoms with van der Waals surface area (Å²) in [5.41, 5.74) is 0.930. The van der Waals surface area contributed by atoms with Crippen molar-refractivity contribution in [2.45, 2.75) is 11.8 Å². The predicted octanol–water partition coefficient (Wildman–Crippen LogP) is 2.82. The van der Waals surface area contributed by atoms with E-state index in [0.29, 0.717) is 5.75 Å². The van der Waals surface area contributed by atoms with Gasteiger partial charge in [-0.1, -0.05) is 17.7 Å². The molecule has 0 saturated heterocycles. The van der Waals surface area contributed by atoms with E-state index in [1.54, 1.807) is 12.1 Å². The average Bonchev–Trinajstić information content (AvgIpc) is 2.41. The van der Waals surface area contributed by atoms with Crippen molar-refractivity contribution >= 4 is 21.7 Å². The Kier molecular flexibility index (Phi) is 4.15. The first kappa shape index (κ1) is 14.6. The van der Waals surface area contributed by atoms with Gasteiger partial charge in [-0.2, -0.15) is 8.42 Å². The summed E-state index contributed by atoms with van der Waals surface area (Å²) >= 11 is 5.62. The topological polar surface area (TPSA) is 65.5 Å². The van der Waals surface area contributed by atoms with Gasteiger partial charge < -0.3 is 8.92 Å². The molecule has 0 aliphatic rings. The standard InChI is InChI=1S/C13H12ClNO4S/c1-9-3-5-11(12(7-9)18-2)19-20(16,17)10-4-6-13(14)15-8-10/h3-8H,1-2H3. The van der Waals surface area contributed by atoms with Crippen LogP contribution < -0.4 is 8.92 Å². The molecular weight excluding hydrogens is 302 g/mol. The summed E-state index contributed by atoms with van der Waals surface area (Å²) in [7, 11) is -2.53. The molecule has 0 saturated carbocycles. The molecule has 0 bridgehead atoms. The van der Waals surface area contributed by atoms with Crippen LogP contribution in [0.15, 0.2) is 41.4 Å². The largest absolute Gasteiger partial charge is 0.493 e. The molecule has 106 valence electrons. The molecule has 5 nitrogen and oxygen atoms in total. The van der Waals surface area contributed by atoms with Gasteiger partial charge in [0.05, 0.1) is 13.3 Å². The normalized spacial score (nSPS) is 11.2. The van der Waals surface area contributed by atoms with Gasteiger partial charge in [-0.05, 0) is 36.8 Å². The fourth-order valence-corrected chi connectivity index (χ4v) is 2.52. The fraction of sp³-hybridized carbons (Fsp3) is 0.154. The third-order valence-electron chi connectivity index (χ3n) is 2.51. The van der Waals surface area contributed by atoms with Gasteiger partial charge in [-0.25, -0.2) is 4.98 Å². The van der Waals surface area contributed by atoms with Crippen molar-refractivity contribution in [3.05, 3.63) is 47.2 Å². The van der Waals surface area contributed by atoms with Crippen molar-refractivity contribution in [3.63, 3.8) is 0 Å². The van der Waals surface area contributed by atoms with Gasteiger partial charge in [0.1, 0.15) is 10.0 Å². The fourth-order valence-electron chi connectivity index (χ4n) is 1.52. The monoisotopic (exact) mass is 313 g/mol. The number of halogens is 1. The van der Waals surface area contributed by atoms with Crippen LogP contribution in [0.4, 0.5) is 0 Å². The molecule has 0 aliphatic heterocycles. The molecule has 0 spiro atoms. The van der Waals surface area contributed by atoms with Gasteiger partial charge in [0, 0.05) is 0 Å².